The average molecular weight is 271 g/mol. The second-order valence-electron chi connectivity index (χ2n) is 3.73. The number of hydrogen-bond acceptors (Lipinski definition) is 3. The Morgan fingerprint density at radius 2 is 2.06 bits per heavy atom. The molecule has 0 aliphatic rings. The van der Waals surface area contributed by atoms with E-state index in [1.807, 2.05) is 19.1 Å². The largest absolute Gasteiger partial charge is 0.325 e. The highest BCUT2D eigenvalue weighted by molar-refractivity contribution is 6.42. The molecular weight excluding hydrogens is 259 g/mol. The molecule has 0 radical (unpaired) electrons. The van der Waals surface area contributed by atoms with Crippen LogP contribution in [-0.4, -0.2) is 15.0 Å². The number of benzene rings is 1. The van der Waals surface area contributed by atoms with Gasteiger partial charge in [-0.25, -0.2) is 4.68 Å². The molecule has 17 heavy (non-hydrogen) atoms. The van der Waals surface area contributed by atoms with Gasteiger partial charge in [0.1, 0.15) is 0 Å². The molecule has 0 saturated heterocycles. The molecule has 4 nitrogen and oxygen atoms in total. The Balaban J connectivity index is 2.25. The van der Waals surface area contributed by atoms with Crippen LogP contribution in [-0.2, 0) is 13.1 Å². The summed E-state index contributed by atoms with van der Waals surface area (Å²) >= 11 is 11.8. The molecule has 1 heterocycles. The van der Waals surface area contributed by atoms with Crippen molar-refractivity contribution in [2.24, 2.45) is 5.73 Å². The Bertz CT molecular complexity index is 536. The Labute approximate surface area is 109 Å². The highest BCUT2D eigenvalue weighted by Gasteiger charge is 2.07. The minimum absolute atomic E-state index is 0.396. The number of rotatable bonds is 3. The predicted molar refractivity (Wildman–Crippen MR) is 68.2 cm³/mol. The summed E-state index contributed by atoms with van der Waals surface area (Å²) in [6.07, 6.45) is 0. The molecule has 0 saturated carbocycles. The summed E-state index contributed by atoms with van der Waals surface area (Å²) in [6, 6.07) is 5.51. The van der Waals surface area contributed by atoms with Crippen LogP contribution in [0.2, 0.25) is 10.0 Å². The van der Waals surface area contributed by atoms with Gasteiger partial charge in [-0.1, -0.05) is 34.5 Å². The number of nitrogens with zero attached hydrogens (tertiary/aromatic N) is 3. The quantitative estimate of drug-likeness (QED) is 0.932. The van der Waals surface area contributed by atoms with Gasteiger partial charge in [0.05, 0.1) is 28.0 Å². The first-order valence-electron chi connectivity index (χ1n) is 5.14. The maximum Gasteiger partial charge on any atom is 0.0991 e. The third kappa shape index (κ3) is 2.60. The molecule has 0 spiro atoms. The summed E-state index contributed by atoms with van der Waals surface area (Å²) in [5.74, 6) is 0. The third-order valence-electron chi connectivity index (χ3n) is 2.59. The van der Waals surface area contributed by atoms with E-state index in [0.29, 0.717) is 23.1 Å². The summed E-state index contributed by atoms with van der Waals surface area (Å²) in [6.45, 7) is 2.95. The number of nitrogens with two attached hydrogens (primary N) is 1. The van der Waals surface area contributed by atoms with Gasteiger partial charge in [-0.05, 0) is 24.6 Å². The standard InChI is InChI=1S/C11H12Cl2N4/c1-7-11(5-14)15-16-17(7)6-8-2-3-9(12)10(13)4-8/h2-4H,5-6,14H2,1H3. The molecule has 1 aromatic heterocycles. The van der Waals surface area contributed by atoms with E-state index in [4.69, 9.17) is 28.9 Å². The zero-order valence-electron chi connectivity index (χ0n) is 9.32. The monoisotopic (exact) mass is 270 g/mol. The van der Waals surface area contributed by atoms with Crippen LogP contribution in [0.1, 0.15) is 17.0 Å². The van der Waals surface area contributed by atoms with Crippen LogP contribution in [0.15, 0.2) is 18.2 Å². The van der Waals surface area contributed by atoms with E-state index in [2.05, 4.69) is 10.3 Å². The molecule has 2 aromatic rings. The molecule has 0 atom stereocenters. The van der Waals surface area contributed by atoms with Gasteiger partial charge in [0.2, 0.25) is 0 Å². The van der Waals surface area contributed by atoms with E-state index >= 15 is 0 Å². The summed E-state index contributed by atoms with van der Waals surface area (Å²) in [4.78, 5) is 0. The van der Waals surface area contributed by atoms with Crippen LogP contribution < -0.4 is 5.73 Å². The molecule has 0 unspecified atom stereocenters. The lowest BCUT2D eigenvalue weighted by atomic mass is 10.2. The topological polar surface area (TPSA) is 56.7 Å². The van der Waals surface area contributed by atoms with Crippen LogP contribution in [0.25, 0.3) is 0 Å². The van der Waals surface area contributed by atoms with Crippen molar-refractivity contribution in [3.8, 4) is 0 Å². The molecule has 90 valence electrons. The van der Waals surface area contributed by atoms with Gasteiger partial charge in [-0.15, -0.1) is 5.10 Å². The molecular formula is C11H12Cl2N4. The van der Waals surface area contributed by atoms with Crippen LogP contribution in [0.3, 0.4) is 0 Å². The Morgan fingerprint density at radius 1 is 1.29 bits per heavy atom. The zero-order chi connectivity index (χ0) is 12.4. The normalized spacial score (nSPS) is 10.8. The van der Waals surface area contributed by atoms with E-state index in [1.165, 1.54) is 0 Å². The van der Waals surface area contributed by atoms with Crippen LogP contribution in [0.4, 0.5) is 0 Å². The summed E-state index contributed by atoms with van der Waals surface area (Å²) in [5, 5.41) is 9.14. The summed E-state index contributed by atoms with van der Waals surface area (Å²) in [7, 11) is 0. The number of hydrogen-bond donors (Lipinski definition) is 1. The van der Waals surface area contributed by atoms with Gasteiger partial charge in [-0.2, -0.15) is 0 Å². The number of aromatic nitrogens is 3. The lowest BCUT2D eigenvalue weighted by Crippen LogP contribution is -2.05. The third-order valence-corrected chi connectivity index (χ3v) is 3.33. The molecule has 0 amide bonds. The maximum atomic E-state index is 5.96. The highest BCUT2D eigenvalue weighted by atomic mass is 35.5. The molecule has 2 rings (SSSR count). The first kappa shape index (κ1) is 12.4. The van der Waals surface area contributed by atoms with Crippen LogP contribution >= 0.6 is 23.2 Å². The van der Waals surface area contributed by atoms with Crippen molar-refractivity contribution in [2.75, 3.05) is 0 Å². The van der Waals surface area contributed by atoms with Crippen molar-refractivity contribution < 1.29 is 0 Å². The maximum absolute atomic E-state index is 5.96. The van der Waals surface area contributed by atoms with Gasteiger partial charge in [-0.3, -0.25) is 0 Å². The van der Waals surface area contributed by atoms with Gasteiger partial charge in [0, 0.05) is 6.54 Å². The zero-order valence-corrected chi connectivity index (χ0v) is 10.8. The van der Waals surface area contributed by atoms with E-state index in [0.717, 1.165) is 17.0 Å². The lowest BCUT2D eigenvalue weighted by Gasteiger charge is -2.05. The summed E-state index contributed by atoms with van der Waals surface area (Å²) in [5.41, 5.74) is 8.35. The lowest BCUT2D eigenvalue weighted by molar-refractivity contribution is 0.633. The molecule has 2 N–H and O–H groups in total. The van der Waals surface area contributed by atoms with Crippen molar-refractivity contribution in [3.05, 3.63) is 45.2 Å². The molecule has 6 heteroatoms. The van der Waals surface area contributed by atoms with Crippen molar-refractivity contribution in [1.82, 2.24) is 15.0 Å². The van der Waals surface area contributed by atoms with Crippen molar-refractivity contribution in [2.45, 2.75) is 20.0 Å². The SMILES string of the molecule is Cc1c(CN)nnn1Cc1ccc(Cl)c(Cl)c1. The van der Waals surface area contributed by atoms with Crippen molar-refractivity contribution >= 4 is 23.2 Å². The van der Waals surface area contributed by atoms with Crippen LogP contribution in [0, 0.1) is 6.92 Å². The Kier molecular flexibility index (Phi) is 3.66. The van der Waals surface area contributed by atoms with E-state index in [1.54, 1.807) is 10.7 Å². The van der Waals surface area contributed by atoms with E-state index < -0.39 is 0 Å². The van der Waals surface area contributed by atoms with E-state index in [-0.39, 0.29) is 0 Å². The molecule has 0 aliphatic carbocycles. The van der Waals surface area contributed by atoms with Gasteiger partial charge in [0.15, 0.2) is 0 Å². The van der Waals surface area contributed by atoms with Crippen molar-refractivity contribution in [3.63, 3.8) is 0 Å². The fraction of sp³-hybridized carbons (Fsp3) is 0.273. The van der Waals surface area contributed by atoms with Gasteiger partial charge >= 0.3 is 0 Å². The van der Waals surface area contributed by atoms with Crippen molar-refractivity contribution in [1.29, 1.82) is 0 Å². The van der Waals surface area contributed by atoms with E-state index in [9.17, 15) is 0 Å². The molecule has 0 aliphatic heterocycles. The second-order valence-corrected chi connectivity index (χ2v) is 4.55. The van der Waals surface area contributed by atoms with Gasteiger partial charge < -0.3 is 5.73 Å². The van der Waals surface area contributed by atoms with Gasteiger partial charge in [0.25, 0.3) is 0 Å². The molecule has 1 aromatic carbocycles. The average Bonchev–Trinajstić information content (AvgIpc) is 2.65. The Morgan fingerprint density at radius 3 is 2.65 bits per heavy atom. The second kappa shape index (κ2) is 5.04. The first-order valence-corrected chi connectivity index (χ1v) is 5.90. The minimum Gasteiger partial charge on any atom is -0.325 e. The fourth-order valence-corrected chi connectivity index (χ4v) is 1.87. The van der Waals surface area contributed by atoms with Crippen LogP contribution in [0.5, 0.6) is 0 Å². The first-order chi connectivity index (χ1) is 8.11. The smallest absolute Gasteiger partial charge is 0.0991 e. The Hall–Kier alpha value is -1.10. The molecule has 0 bridgehead atoms. The molecule has 0 fully saturated rings. The fourth-order valence-electron chi connectivity index (χ4n) is 1.55. The summed E-state index contributed by atoms with van der Waals surface area (Å²) < 4.78 is 1.79. The predicted octanol–water partition coefficient (Wildman–Crippen LogP) is 2.40. The highest BCUT2D eigenvalue weighted by Crippen LogP contribution is 2.23. The minimum atomic E-state index is 0.396. The number of halogens is 2.